The summed E-state index contributed by atoms with van der Waals surface area (Å²) in [5, 5.41) is 14.9. The lowest BCUT2D eigenvalue weighted by molar-refractivity contribution is -0.116. The second-order valence-electron chi connectivity index (χ2n) is 12.7. The fourth-order valence-electron chi connectivity index (χ4n) is 4.92. The average Bonchev–Trinajstić information content (AvgIpc) is 3.34. The van der Waals surface area contributed by atoms with Gasteiger partial charge in [-0.1, -0.05) is 101 Å². The number of nitrogens with one attached hydrogen (secondary N) is 3. The molecule has 3 aromatic rings. The number of anilines is 3. The maximum Gasteiger partial charge on any atom is 0.324 e. The first-order valence-electron chi connectivity index (χ1n) is 15.5. The van der Waals surface area contributed by atoms with E-state index in [9.17, 15) is 9.59 Å². The number of halogens is 3. The largest absolute Gasteiger partial charge is 0.470 e. The summed E-state index contributed by atoms with van der Waals surface area (Å²) in [4.78, 5) is 25.5. The van der Waals surface area contributed by atoms with Gasteiger partial charge in [0.25, 0.3) is 5.91 Å². The lowest BCUT2D eigenvalue weighted by atomic mass is 9.76. The molecule has 8 nitrogen and oxygen atoms in total. The third-order valence-electron chi connectivity index (χ3n) is 8.57. The molecule has 11 heteroatoms. The molecule has 0 spiro atoms. The SMILES string of the molecule is CCC(Nc1cccc(NC(=O)NC2=NN(c3c(Cl)cc(Cl)cc3Cl)C(=O)C2)c1)Oc1ccc(C(C)(C)CC)cc1C(C)(C)CC. The Bertz CT molecular complexity index is 1620. The van der Waals surface area contributed by atoms with Gasteiger partial charge in [0.15, 0.2) is 6.23 Å². The van der Waals surface area contributed by atoms with Crippen LogP contribution in [0.15, 0.2) is 59.7 Å². The molecule has 1 heterocycles. The van der Waals surface area contributed by atoms with Crippen molar-refractivity contribution in [2.24, 2.45) is 5.10 Å². The van der Waals surface area contributed by atoms with E-state index in [4.69, 9.17) is 39.5 Å². The van der Waals surface area contributed by atoms with Crippen LogP contribution in [0.1, 0.15) is 85.3 Å². The second-order valence-corrected chi connectivity index (χ2v) is 13.9. The molecule has 0 aromatic heterocycles. The number of hydrogen-bond acceptors (Lipinski definition) is 5. The van der Waals surface area contributed by atoms with Crippen LogP contribution in [-0.4, -0.2) is 24.0 Å². The van der Waals surface area contributed by atoms with Crippen LogP contribution in [0.4, 0.5) is 21.9 Å². The van der Waals surface area contributed by atoms with Crippen molar-refractivity contribution in [2.45, 2.75) is 91.2 Å². The Hall–Kier alpha value is -3.46. The number of carbonyl (C=O) groups excluding carboxylic acids is 2. The van der Waals surface area contributed by atoms with Crippen molar-refractivity contribution in [1.29, 1.82) is 0 Å². The number of rotatable bonds is 11. The first-order chi connectivity index (χ1) is 21.7. The number of hydrazone groups is 1. The smallest absolute Gasteiger partial charge is 0.324 e. The van der Waals surface area contributed by atoms with Gasteiger partial charge in [0.2, 0.25) is 0 Å². The minimum atomic E-state index is -0.552. The van der Waals surface area contributed by atoms with Crippen molar-refractivity contribution in [3.05, 3.63) is 80.8 Å². The first kappa shape index (κ1) is 35.4. The van der Waals surface area contributed by atoms with Crippen LogP contribution in [-0.2, 0) is 15.6 Å². The fourth-order valence-corrected chi connectivity index (χ4v) is 5.90. The zero-order valence-corrected chi connectivity index (χ0v) is 29.6. The van der Waals surface area contributed by atoms with E-state index in [0.29, 0.717) is 17.1 Å². The minimum absolute atomic E-state index is 0.0661. The number of amides is 3. The molecule has 1 unspecified atom stereocenters. The molecular formula is C35H42Cl3N5O3. The van der Waals surface area contributed by atoms with Gasteiger partial charge in [-0.05, 0) is 65.6 Å². The van der Waals surface area contributed by atoms with Crippen molar-refractivity contribution in [1.82, 2.24) is 5.32 Å². The zero-order valence-electron chi connectivity index (χ0n) is 27.4. The Morgan fingerprint density at radius 2 is 1.57 bits per heavy atom. The average molecular weight is 687 g/mol. The predicted octanol–water partition coefficient (Wildman–Crippen LogP) is 10.1. The van der Waals surface area contributed by atoms with Gasteiger partial charge in [-0.2, -0.15) is 10.1 Å². The highest BCUT2D eigenvalue weighted by Crippen LogP contribution is 2.40. The molecule has 3 aromatic carbocycles. The number of ether oxygens (including phenoxy) is 1. The fraction of sp³-hybridized carbons (Fsp3) is 0.400. The quantitative estimate of drug-likeness (QED) is 0.175. The summed E-state index contributed by atoms with van der Waals surface area (Å²) in [6, 6.07) is 16.3. The summed E-state index contributed by atoms with van der Waals surface area (Å²) in [5.41, 5.74) is 4.01. The standard InChI is InChI=1S/C35H42Cl3N5O3/c1-8-30(46-28-15-14-21(34(4,5)9-2)16-25(28)35(6,7)10-3)39-23-12-11-13-24(19-23)40-33(45)41-29-20-31(44)43(42-29)32-26(37)17-22(36)18-27(32)38/h11-19,30,39H,8-10,20H2,1-7H3,(H2,40,41,42,45). The summed E-state index contributed by atoms with van der Waals surface area (Å²) in [7, 11) is 0. The van der Waals surface area contributed by atoms with Crippen LogP contribution < -0.4 is 25.7 Å². The van der Waals surface area contributed by atoms with Crippen LogP contribution in [0.3, 0.4) is 0 Å². The van der Waals surface area contributed by atoms with Gasteiger partial charge in [-0.25, -0.2) is 4.79 Å². The molecule has 1 atom stereocenters. The normalized spacial score (nSPS) is 14.2. The van der Waals surface area contributed by atoms with E-state index in [-0.39, 0.29) is 45.0 Å². The van der Waals surface area contributed by atoms with E-state index in [0.717, 1.165) is 29.3 Å². The van der Waals surface area contributed by atoms with E-state index >= 15 is 0 Å². The Kier molecular flexibility index (Phi) is 11.2. The summed E-state index contributed by atoms with van der Waals surface area (Å²) >= 11 is 18.5. The second kappa shape index (κ2) is 14.5. The Morgan fingerprint density at radius 3 is 2.20 bits per heavy atom. The van der Waals surface area contributed by atoms with Crippen LogP contribution in [0.2, 0.25) is 15.1 Å². The van der Waals surface area contributed by atoms with Crippen LogP contribution >= 0.6 is 34.8 Å². The third-order valence-corrected chi connectivity index (χ3v) is 9.37. The molecule has 0 fully saturated rings. The molecule has 0 aliphatic carbocycles. The van der Waals surface area contributed by atoms with Gasteiger partial charge in [0.1, 0.15) is 17.3 Å². The molecule has 46 heavy (non-hydrogen) atoms. The monoisotopic (exact) mass is 685 g/mol. The maximum atomic E-state index is 12.9. The first-order valence-corrected chi connectivity index (χ1v) is 16.6. The van der Waals surface area contributed by atoms with Gasteiger partial charge in [0, 0.05) is 28.4 Å². The van der Waals surface area contributed by atoms with Crippen LogP contribution in [0.5, 0.6) is 5.75 Å². The number of nitrogens with zero attached hydrogens (tertiary/aromatic N) is 2. The number of benzene rings is 3. The van der Waals surface area contributed by atoms with Gasteiger partial charge < -0.3 is 15.4 Å². The number of carbonyl (C=O) groups is 2. The molecule has 246 valence electrons. The molecule has 0 bridgehead atoms. The molecular weight excluding hydrogens is 645 g/mol. The lowest BCUT2D eigenvalue weighted by Crippen LogP contribution is -2.33. The molecule has 1 aliphatic rings. The van der Waals surface area contributed by atoms with Crippen molar-refractivity contribution in [3.8, 4) is 5.75 Å². The number of hydrogen-bond donors (Lipinski definition) is 3. The van der Waals surface area contributed by atoms with Crippen molar-refractivity contribution in [3.63, 3.8) is 0 Å². The molecule has 4 rings (SSSR count). The highest BCUT2D eigenvalue weighted by Gasteiger charge is 2.30. The van der Waals surface area contributed by atoms with Crippen molar-refractivity contribution < 1.29 is 14.3 Å². The van der Waals surface area contributed by atoms with Gasteiger partial charge in [-0.3, -0.25) is 10.1 Å². The minimum Gasteiger partial charge on any atom is -0.470 e. The zero-order chi connectivity index (χ0) is 33.8. The van der Waals surface area contributed by atoms with E-state index in [1.54, 1.807) is 6.07 Å². The molecule has 0 saturated heterocycles. The van der Waals surface area contributed by atoms with Crippen LogP contribution in [0, 0.1) is 0 Å². The van der Waals surface area contributed by atoms with E-state index in [2.05, 4.69) is 87.7 Å². The predicted molar refractivity (Wildman–Crippen MR) is 191 cm³/mol. The Labute approximate surface area is 286 Å². The number of amidine groups is 1. The van der Waals surface area contributed by atoms with Crippen molar-refractivity contribution >= 4 is 69.6 Å². The van der Waals surface area contributed by atoms with Crippen molar-refractivity contribution in [2.75, 3.05) is 15.6 Å². The van der Waals surface area contributed by atoms with E-state index in [1.165, 1.54) is 23.3 Å². The highest BCUT2D eigenvalue weighted by atomic mass is 35.5. The summed E-state index contributed by atoms with van der Waals surface area (Å²) < 4.78 is 6.59. The van der Waals surface area contributed by atoms with Gasteiger partial charge in [-0.15, -0.1) is 0 Å². The summed E-state index contributed by atoms with van der Waals surface area (Å²) in [6.07, 6.45) is 2.28. The Morgan fingerprint density at radius 1 is 0.913 bits per heavy atom. The number of urea groups is 1. The van der Waals surface area contributed by atoms with E-state index in [1.807, 2.05) is 18.2 Å². The van der Waals surface area contributed by atoms with Gasteiger partial charge in [0.05, 0.1) is 16.5 Å². The molecule has 0 saturated carbocycles. The summed E-state index contributed by atoms with van der Waals surface area (Å²) in [5.74, 6) is 0.613. The molecule has 1 aliphatic heterocycles. The van der Waals surface area contributed by atoms with E-state index < -0.39 is 11.9 Å². The lowest BCUT2D eigenvalue weighted by Gasteiger charge is -2.32. The molecule has 3 N–H and O–H groups in total. The molecule has 0 radical (unpaired) electrons. The topological polar surface area (TPSA) is 95.1 Å². The third kappa shape index (κ3) is 8.27. The van der Waals surface area contributed by atoms with Crippen LogP contribution in [0.25, 0.3) is 0 Å². The summed E-state index contributed by atoms with van der Waals surface area (Å²) in [6.45, 7) is 15.5. The maximum absolute atomic E-state index is 12.9. The van der Waals surface area contributed by atoms with Gasteiger partial charge >= 0.3 is 6.03 Å². The highest BCUT2D eigenvalue weighted by molar-refractivity contribution is 6.42. The molecule has 3 amide bonds. The Balaban J connectivity index is 1.45.